The van der Waals surface area contributed by atoms with Crippen LogP contribution in [0.3, 0.4) is 0 Å². The Balaban J connectivity index is 2.07. The van der Waals surface area contributed by atoms with Crippen molar-refractivity contribution in [1.29, 1.82) is 0 Å². The van der Waals surface area contributed by atoms with Gasteiger partial charge in [0.2, 0.25) is 0 Å². The number of hydrogen-bond donors (Lipinski definition) is 0. The first-order chi connectivity index (χ1) is 13.8. The van der Waals surface area contributed by atoms with Gasteiger partial charge in [0.05, 0.1) is 0 Å². The molecule has 2 aromatic rings. The molecule has 4 heteroatoms. The van der Waals surface area contributed by atoms with Crippen LogP contribution in [-0.4, -0.2) is 62.7 Å². The fourth-order valence-corrected chi connectivity index (χ4v) is 6.96. The van der Waals surface area contributed by atoms with Gasteiger partial charge < -0.3 is 0 Å². The van der Waals surface area contributed by atoms with E-state index in [0.29, 0.717) is 0 Å². The Hall–Kier alpha value is -2.28. The average molecular weight is 498 g/mol. The zero-order chi connectivity index (χ0) is 20.7. The van der Waals surface area contributed by atoms with Crippen LogP contribution in [0.15, 0.2) is 60.7 Å². The Morgan fingerprint density at radius 2 is 1.38 bits per heavy atom. The minimum absolute atomic E-state index is 0.445. The van der Waals surface area contributed by atoms with Gasteiger partial charge in [-0.25, -0.2) is 0 Å². The van der Waals surface area contributed by atoms with Crippen LogP contribution in [0.1, 0.15) is 0 Å². The molecule has 2 aliphatic rings. The predicted octanol–water partition coefficient (Wildman–Crippen LogP) is 3.83. The van der Waals surface area contributed by atoms with Gasteiger partial charge in [-0.1, -0.05) is 0 Å². The van der Waals surface area contributed by atoms with E-state index >= 15 is 0 Å². The summed E-state index contributed by atoms with van der Waals surface area (Å²) in [6, 6.07) is 22.9. The van der Waals surface area contributed by atoms with Gasteiger partial charge in [-0.15, -0.1) is 0 Å². The molecule has 0 atom stereocenters. The molecule has 1 aliphatic heterocycles. The third-order valence-electron chi connectivity index (χ3n) is 5.39. The number of fused-ring (bicyclic) bond motifs is 2. The first kappa shape index (κ1) is 20.0. The molecule has 0 saturated carbocycles. The Bertz CT molecular complexity index is 1210. The molecule has 3 nitrogen and oxygen atoms in total. The van der Waals surface area contributed by atoms with E-state index in [-0.39, 0.29) is 0 Å². The molecule has 0 unspecified atom stereocenters. The van der Waals surface area contributed by atoms with Crippen LogP contribution in [-0.2, 0) is 0 Å². The Labute approximate surface area is 183 Å². The normalized spacial score (nSPS) is 11.1. The van der Waals surface area contributed by atoms with Gasteiger partial charge in [-0.2, -0.15) is 0 Å². The molecule has 0 fully saturated rings. The summed E-state index contributed by atoms with van der Waals surface area (Å²) in [5, 5.41) is 2.68. The molecular weight excluding hydrogens is 470 g/mol. The van der Waals surface area contributed by atoms with Gasteiger partial charge in [-0.3, -0.25) is 0 Å². The molecule has 0 amide bonds. The van der Waals surface area contributed by atoms with Crippen LogP contribution >= 0.6 is 0 Å². The molecule has 0 bridgehead atoms. The van der Waals surface area contributed by atoms with Gasteiger partial charge >= 0.3 is 184 Å². The molecule has 0 radical (unpaired) electrons. The van der Waals surface area contributed by atoms with Crippen molar-refractivity contribution < 1.29 is 0 Å². The van der Waals surface area contributed by atoms with Crippen LogP contribution < -0.4 is 19.7 Å². The summed E-state index contributed by atoms with van der Waals surface area (Å²) in [5.74, 6) is 0. The Morgan fingerprint density at radius 3 is 2.00 bits per heavy atom. The monoisotopic (exact) mass is 500 g/mol. The maximum atomic E-state index is 2.40. The minimum atomic E-state index is -0.445. The number of rotatable bonds is 3. The van der Waals surface area contributed by atoms with Gasteiger partial charge in [0.25, 0.3) is 0 Å². The van der Waals surface area contributed by atoms with E-state index in [4.69, 9.17) is 0 Å². The SMILES string of the molecule is CN(C)c1ccc(-c2c3ccc(=[N+](C)C)cc-3[te]c3cc(N(C)C)ccc23)cc1. The van der Waals surface area contributed by atoms with Gasteiger partial charge in [0.1, 0.15) is 0 Å². The van der Waals surface area contributed by atoms with E-state index in [1.165, 1.54) is 45.8 Å². The van der Waals surface area contributed by atoms with Crippen molar-refractivity contribution in [3.05, 3.63) is 66.0 Å². The first-order valence-corrected chi connectivity index (χ1v) is 12.1. The molecule has 1 aliphatic carbocycles. The molecular formula is C25H28N3Te+. The number of nitrogens with zero attached hydrogens (tertiary/aromatic N) is 3. The fraction of sp³-hybridized carbons (Fsp3) is 0.240. The Morgan fingerprint density at radius 1 is 0.724 bits per heavy atom. The summed E-state index contributed by atoms with van der Waals surface area (Å²) in [7, 11) is 12.7. The molecule has 29 heavy (non-hydrogen) atoms. The van der Waals surface area contributed by atoms with Crippen LogP contribution in [0.5, 0.6) is 0 Å². The molecule has 0 aromatic heterocycles. The van der Waals surface area contributed by atoms with E-state index in [0.717, 1.165) is 0 Å². The number of hydrogen-bond acceptors (Lipinski definition) is 2. The van der Waals surface area contributed by atoms with Gasteiger partial charge in [0.15, 0.2) is 0 Å². The quantitative estimate of drug-likeness (QED) is 0.242. The average Bonchev–Trinajstić information content (AvgIpc) is 2.71. The maximum absolute atomic E-state index is 2.40. The molecule has 0 spiro atoms. The summed E-state index contributed by atoms with van der Waals surface area (Å²) < 4.78 is 5.25. The summed E-state index contributed by atoms with van der Waals surface area (Å²) >= 11 is -0.445. The molecule has 4 rings (SSSR count). The number of benzene rings is 3. The summed E-state index contributed by atoms with van der Waals surface area (Å²) in [4.78, 5) is 4.35. The second kappa shape index (κ2) is 7.86. The van der Waals surface area contributed by atoms with Crippen molar-refractivity contribution in [2.24, 2.45) is 0 Å². The zero-order valence-corrected chi connectivity index (χ0v) is 20.4. The van der Waals surface area contributed by atoms with E-state index in [1.807, 2.05) is 0 Å². The van der Waals surface area contributed by atoms with Crippen LogP contribution in [0.25, 0.3) is 29.1 Å². The van der Waals surface area contributed by atoms with E-state index in [2.05, 4.69) is 117 Å². The van der Waals surface area contributed by atoms with Crippen molar-refractivity contribution in [3.8, 4) is 20.3 Å². The van der Waals surface area contributed by atoms with Crippen molar-refractivity contribution in [2.75, 3.05) is 52.1 Å². The standard InChI is InChI=1S/C25H28N3Te/c1-26(2)18-9-7-17(8-10-18)25-21-13-11-19(27(3)4)15-23(21)29-24-16-20(28(5)6)12-14-22(24)25/h7-16H,1-6H3/q+1. The molecule has 148 valence electrons. The summed E-state index contributed by atoms with van der Waals surface area (Å²) in [6.45, 7) is 0. The second-order valence-electron chi connectivity index (χ2n) is 8.07. The third kappa shape index (κ3) is 3.80. The zero-order valence-electron chi connectivity index (χ0n) is 18.0. The van der Waals surface area contributed by atoms with E-state index < -0.39 is 20.4 Å². The molecule has 0 N–H and O–H groups in total. The van der Waals surface area contributed by atoms with E-state index in [1.54, 1.807) is 0 Å². The molecule has 0 saturated heterocycles. The molecule has 1 heterocycles. The van der Waals surface area contributed by atoms with Crippen molar-refractivity contribution in [2.45, 2.75) is 0 Å². The van der Waals surface area contributed by atoms with Crippen molar-refractivity contribution in [3.63, 3.8) is 0 Å². The van der Waals surface area contributed by atoms with Crippen LogP contribution in [0.4, 0.5) is 11.4 Å². The second-order valence-corrected chi connectivity index (χ2v) is 11.2. The first-order valence-electron chi connectivity index (χ1n) is 9.81. The number of anilines is 2. The topological polar surface area (TPSA) is 9.49 Å². The van der Waals surface area contributed by atoms with Crippen LogP contribution in [0, 0.1) is 0 Å². The van der Waals surface area contributed by atoms with Crippen LogP contribution in [0.2, 0.25) is 0 Å². The third-order valence-corrected chi connectivity index (χ3v) is 8.58. The fourth-order valence-electron chi connectivity index (χ4n) is 3.66. The Kier molecular flexibility index (Phi) is 5.42. The van der Waals surface area contributed by atoms with E-state index in [9.17, 15) is 0 Å². The summed E-state index contributed by atoms with van der Waals surface area (Å²) in [5.41, 5.74) is 6.57. The van der Waals surface area contributed by atoms with Crippen molar-refractivity contribution in [1.82, 2.24) is 4.58 Å². The predicted molar refractivity (Wildman–Crippen MR) is 129 cm³/mol. The van der Waals surface area contributed by atoms with Gasteiger partial charge in [-0.05, 0) is 0 Å². The van der Waals surface area contributed by atoms with Gasteiger partial charge in [0, 0.05) is 0 Å². The summed E-state index contributed by atoms with van der Waals surface area (Å²) in [6.07, 6.45) is 0. The van der Waals surface area contributed by atoms with Crippen molar-refractivity contribution >= 4 is 40.6 Å². The molecule has 2 aromatic carbocycles.